The second-order valence-electron chi connectivity index (χ2n) is 6.92. The summed E-state index contributed by atoms with van der Waals surface area (Å²) >= 11 is 0. The molecule has 0 saturated carbocycles. The van der Waals surface area contributed by atoms with Crippen LogP contribution in [0.25, 0.3) is 0 Å². The van der Waals surface area contributed by atoms with Crippen LogP contribution in [0.4, 0.5) is 10.5 Å². The van der Waals surface area contributed by atoms with E-state index in [1.54, 1.807) is 19.1 Å². The van der Waals surface area contributed by atoms with Crippen molar-refractivity contribution in [2.75, 3.05) is 18.4 Å². The number of amides is 5. The number of carbonyl (C=O) groups is 5. The van der Waals surface area contributed by atoms with E-state index >= 15 is 0 Å². The quantitative estimate of drug-likeness (QED) is 0.487. The normalized spacial score (nSPS) is 19.5. The summed E-state index contributed by atoms with van der Waals surface area (Å²) in [5, 5.41) is 2.71. The molecule has 5 amide bonds. The van der Waals surface area contributed by atoms with E-state index in [-0.39, 0.29) is 29.9 Å². The molecule has 8 nitrogen and oxygen atoms in total. The number of hydrogen-bond donors (Lipinski definition) is 1. The number of Topliss-reactive ketones (excluding diaryl/α,β-unsaturated/α-hetero) is 1. The van der Waals surface area contributed by atoms with Crippen LogP contribution in [0.1, 0.15) is 42.6 Å². The van der Waals surface area contributed by atoms with Gasteiger partial charge in [0.05, 0.1) is 12.5 Å². The van der Waals surface area contributed by atoms with Crippen molar-refractivity contribution in [1.82, 2.24) is 9.80 Å². The Labute approximate surface area is 150 Å². The van der Waals surface area contributed by atoms with Crippen molar-refractivity contribution in [3.05, 3.63) is 29.3 Å². The van der Waals surface area contributed by atoms with Crippen molar-refractivity contribution in [1.29, 1.82) is 0 Å². The molecule has 2 aliphatic heterocycles. The molecule has 8 heteroatoms. The third kappa shape index (κ3) is 2.87. The van der Waals surface area contributed by atoms with Crippen molar-refractivity contribution in [2.24, 2.45) is 5.92 Å². The Hall–Kier alpha value is -3.03. The summed E-state index contributed by atoms with van der Waals surface area (Å²) in [7, 11) is 0. The number of fused-ring (bicyclic) bond motifs is 1. The maximum Gasteiger partial charge on any atom is 0.334 e. The van der Waals surface area contributed by atoms with E-state index in [2.05, 4.69) is 5.32 Å². The molecular formula is C18H19N3O5. The highest BCUT2D eigenvalue weighted by Gasteiger charge is 2.45. The van der Waals surface area contributed by atoms with Gasteiger partial charge in [0.2, 0.25) is 5.91 Å². The highest BCUT2D eigenvalue weighted by molar-refractivity contribution is 6.45. The molecule has 1 atom stereocenters. The minimum absolute atomic E-state index is 0.00888. The number of benzene rings is 1. The summed E-state index contributed by atoms with van der Waals surface area (Å²) in [5.41, 5.74) is 1.62. The first-order valence-electron chi connectivity index (χ1n) is 8.36. The second-order valence-corrected chi connectivity index (χ2v) is 6.92. The third-order valence-electron chi connectivity index (χ3n) is 4.48. The molecule has 0 aromatic heterocycles. The predicted molar refractivity (Wildman–Crippen MR) is 91.5 cm³/mol. The first-order valence-corrected chi connectivity index (χ1v) is 8.36. The molecule has 2 aliphatic rings. The van der Waals surface area contributed by atoms with Gasteiger partial charge in [-0.25, -0.2) is 9.69 Å². The lowest BCUT2D eigenvalue weighted by Gasteiger charge is -2.16. The molecule has 1 saturated heterocycles. The van der Waals surface area contributed by atoms with Crippen molar-refractivity contribution in [3.8, 4) is 0 Å². The average Bonchev–Trinajstić information content (AvgIpc) is 2.98. The fraction of sp³-hybridized carbons (Fsp3) is 0.389. The van der Waals surface area contributed by atoms with E-state index in [0.29, 0.717) is 16.2 Å². The summed E-state index contributed by atoms with van der Waals surface area (Å²) in [4.78, 5) is 62.1. The van der Waals surface area contributed by atoms with Gasteiger partial charge in [0, 0.05) is 17.8 Å². The van der Waals surface area contributed by atoms with Gasteiger partial charge in [-0.3, -0.25) is 24.1 Å². The van der Waals surface area contributed by atoms with Crippen LogP contribution in [0.3, 0.4) is 0 Å². The van der Waals surface area contributed by atoms with Gasteiger partial charge >= 0.3 is 17.8 Å². The zero-order chi connectivity index (χ0) is 19.2. The zero-order valence-corrected chi connectivity index (χ0v) is 14.7. The Kier molecular flexibility index (Phi) is 4.35. The van der Waals surface area contributed by atoms with Gasteiger partial charge in [0.25, 0.3) is 0 Å². The summed E-state index contributed by atoms with van der Waals surface area (Å²) in [6, 6.07) is 3.96. The average molecular weight is 357 g/mol. The van der Waals surface area contributed by atoms with Crippen LogP contribution >= 0.6 is 0 Å². The molecule has 136 valence electrons. The molecule has 3 rings (SSSR count). The lowest BCUT2D eigenvalue weighted by Crippen LogP contribution is -2.38. The summed E-state index contributed by atoms with van der Waals surface area (Å²) in [5.74, 6) is -2.89. The number of rotatable bonds is 5. The van der Waals surface area contributed by atoms with E-state index in [0.717, 1.165) is 4.90 Å². The van der Waals surface area contributed by atoms with Crippen molar-refractivity contribution in [2.45, 2.75) is 26.7 Å². The Morgan fingerprint density at radius 3 is 2.42 bits per heavy atom. The SMILES string of the molecule is CC(C)CN1C(=O)C(=O)N(CC(=O)c2ccc3c(c2)[C@@H](C)C(=O)N3)C1=O. The number of anilines is 1. The van der Waals surface area contributed by atoms with E-state index in [1.807, 2.05) is 13.8 Å². The lowest BCUT2D eigenvalue weighted by molar-refractivity contribution is -0.143. The number of ketones is 1. The summed E-state index contributed by atoms with van der Waals surface area (Å²) in [6.07, 6.45) is 0. The Balaban J connectivity index is 1.79. The minimum atomic E-state index is -0.990. The molecule has 1 aromatic rings. The molecule has 2 heterocycles. The van der Waals surface area contributed by atoms with Crippen molar-refractivity contribution < 1.29 is 24.0 Å². The maximum atomic E-state index is 12.5. The van der Waals surface area contributed by atoms with E-state index < -0.39 is 30.2 Å². The smallest absolute Gasteiger partial charge is 0.325 e. The molecule has 26 heavy (non-hydrogen) atoms. The minimum Gasteiger partial charge on any atom is -0.325 e. The van der Waals surface area contributed by atoms with E-state index in [1.165, 1.54) is 6.07 Å². The fourth-order valence-electron chi connectivity index (χ4n) is 3.04. The van der Waals surface area contributed by atoms with Crippen LogP contribution in [-0.4, -0.2) is 52.4 Å². The number of hydrogen-bond acceptors (Lipinski definition) is 5. The topological polar surface area (TPSA) is 104 Å². The lowest BCUT2D eigenvalue weighted by atomic mass is 9.99. The van der Waals surface area contributed by atoms with Crippen molar-refractivity contribution in [3.63, 3.8) is 0 Å². The standard InChI is InChI=1S/C18H19N3O5/c1-9(2)7-20-16(24)17(25)21(18(20)26)8-14(22)11-4-5-13-12(6-11)10(3)15(23)19-13/h4-6,9-10H,7-8H2,1-3H3,(H,19,23)/t10-/m1/s1. The Morgan fingerprint density at radius 2 is 1.77 bits per heavy atom. The monoisotopic (exact) mass is 357 g/mol. The molecule has 0 radical (unpaired) electrons. The van der Waals surface area contributed by atoms with Gasteiger partial charge in [-0.1, -0.05) is 13.8 Å². The third-order valence-corrected chi connectivity index (χ3v) is 4.48. The van der Waals surface area contributed by atoms with E-state index in [4.69, 9.17) is 0 Å². The highest BCUT2D eigenvalue weighted by Crippen LogP contribution is 2.32. The summed E-state index contributed by atoms with van der Waals surface area (Å²) < 4.78 is 0. The van der Waals surface area contributed by atoms with E-state index in [9.17, 15) is 24.0 Å². The highest BCUT2D eigenvalue weighted by atomic mass is 16.2. The molecule has 0 spiro atoms. The number of urea groups is 1. The molecule has 1 N–H and O–H groups in total. The van der Waals surface area contributed by atoms with Crippen LogP contribution in [0.15, 0.2) is 18.2 Å². The van der Waals surface area contributed by atoms with Gasteiger partial charge in [-0.2, -0.15) is 0 Å². The Morgan fingerprint density at radius 1 is 1.12 bits per heavy atom. The van der Waals surface area contributed by atoms with Gasteiger partial charge in [-0.15, -0.1) is 0 Å². The van der Waals surface area contributed by atoms with Crippen molar-refractivity contribution >= 4 is 35.2 Å². The van der Waals surface area contributed by atoms with Gasteiger partial charge in [-0.05, 0) is 36.6 Å². The first-order chi connectivity index (χ1) is 12.2. The fourth-order valence-corrected chi connectivity index (χ4v) is 3.04. The van der Waals surface area contributed by atoms with Gasteiger partial charge < -0.3 is 5.32 Å². The number of nitrogens with one attached hydrogen (secondary N) is 1. The van der Waals surface area contributed by atoms with Crippen LogP contribution in [0, 0.1) is 5.92 Å². The molecule has 1 fully saturated rings. The number of carbonyl (C=O) groups excluding carboxylic acids is 5. The zero-order valence-electron chi connectivity index (χ0n) is 14.7. The second kappa shape index (κ2) is 6.36. The van der Waals surface area contributed by atoms with Crippen LogP contribution < -0.4 is 5.32 Å². The molecule has 0 bridgehead atoms. The van der Waals surface area contributed by atoms with Crippen LogP contribution in [-0.2, 0) is 14.4 Å². The molecule has 0 aliphatic carbocycles. The Bertz CT molecular complexity index is 845. The maximum absolute atomic E-state index is 12.5. The van der Waals surface area contributed by atoms with Gasteiger partial charge in [0.15, 0.2) is 5.78 Å². The van der Waals surface area contributed by atoms with Crippen LogP contribution in [0.5, 0.6) is 0 Å². The molecule has 1 aromatic carbocycles. The molecular weight excluding hydrogens is 338 g/mol. The largest absolute Gasteiger partial charge is 0.334 e. The van der Waals surface area contributed by atoms with Gasteiger partial charge in [0.1, 0.15) is 0 Å². The number of imide groups is 2. The van der Waals surface area contributed by atoms with Crippen LogP contribution in [0.2, 0.25) is 0 Å². The summed E-state index contributed by atoms with van der Waals surface area (Å²) in [6.45, 7) is 4.98. The predicted octanol–water partition coefficient (Wildman–Crippen LogP) is 1.37. The first kappa shape index (κ1) is 17.8. The number of nitrogens with zero attached hydrogens (tertiary/aromatic N) is 2. The molecule has 0 unspecified atom stereocenters.